The highest BCUT2D eigenvalue weighted by Gasteiger charge is 2.13. The third-order valence-corrected chi connectivity index (χ3v) is 4.43. The molecule has 0 saturated carbocycles. The highest BCUT2D eigenvalue weighted by Crippen LogP contribution is 2.18. The van der Waals surface area contributed by atoms with Crippen LogP contribution >= 0.6 is 0 Å². The van der Waals surface area contributed by atoms with Crippen LogP contribution in [0.2, 0.25) is 0 Å². The Balaban J connectivity index is 1.58. The monoisotopic (exact) mass is 336 g/mol. The molecule has 25 heavy (non-hydrogen) atoms. The highest BCUT2D eigenvalue weighted by atomic mass is 16.2. The minimum Gasteiger partial charge on any atom is -0.383 e. The van der Waals surface area contributed by atoms with Crippen LogP contribution in [0.25, 0.3) is 10.9 Å². The van der Waals surface area contributed by atoms with E-state index in [1.54, 1.807) is 17.2 Å². The van der Waals surface area contributed by atoms with E-state index in [9.17, 15) is 4.79 Å². The van der Waals surface area contributed by atoms with E-state index in [2.05, 4.69) is 39.7 Å². The average Bonchev–Trinajstić information content (AvgIpc) is 3.06. The van der Waals surface area contributed by atoms with Crippen molar-refractivity contribution >= 4 is 22.5 Å². The van der Waals surface area contributed by atoms with Crippen LogP contribution in [-0.4, -0.2) is 40.4 Å². The fourth-order valence-corrected chi connectivity index (χ4v) is 2.98. The fraction of sp³-hybridized carbons (Fsp3) is 0.300. The molecule has 1 aromatic carbocycles. The van der Waals surface area contributed by atoms with Gasteiger partial charge in [-0.05, 0) is 44.0 Å². The number of para-hydroxylation sites is 1. The number of benzene rings is 1. The third kappa shape index (κ3) is 3.82. The van der Waals surface area contributed by atoms with Crippen LogP contribution in [-0.2, 0) is 6.42 Å². The van der Waals surface area contributed by atoms with Gasteiger partial charge in [-0.2, -0.15) is 0 Å². The van der Waals surface area contributed by atoms with E-state index in [0.29, 0.717) is 18.8 Å². The molecular formula is C20H24N4O. The Morgan fingerprint density at radius 3 is 2.68 bits per heavy atom. The first-order valence-electron chi connectivity index (χ1n) is 8.77. The number of fused-ring (bicyclic) bond motifs is 1. The summed E-state index contributed by atoms with van der Waals surface area (Å²) < 4.78 is 0. The number of hydrogen-bond donors (Lipinski definition) is 2. The first-order valence-corrected chi connectivity index (χ1v) is 8.77. The van der Waals surface area contributed by atoms with Gasteiger partial charge in [0, 0.05) is 36.7 Å². The van der Waals surface area contributed by atoms with E-state index in [1.807, 2.05) is 26.0 Å². The minimum absolute atomic E-state index is 0.0182. The van der Waals surface area contributed by atoms with Crippen molar-refractivity contribution < 1.29 is 4.79 Å². The summed E-state index contributed by atoms with van der Waals surface area (Å²) in [5.74, 6) is -0.0182. The summed E-state index contributed by atoms with van der Waals surface area (Å²) in [7, 11) is 0. The lowest BCUT2D eigenvalue weighted by atomic mass is 10.1. The molecule has 2 heterocycles. The summed E-state index contributed by atoms with van der Waals surface area (Å²) in [6, 6.07) is 12.0. The van der Waals surface area contributed by atoms with Gasteiger partial charge in [-0.25, -0.2) is 4.98 Å². The van der Waals surface area contributed by atoms with Gasteiger partial charge in [-0.15, -0.1) is 0 Å². The number of aromatic amines is 1. The van der Waals surface area contributed by atoms with Crippen molar-refractivity contribution in [3.63, 3.8) is 0 Å². The molecule has 1 amide bonds. The Morgan fingerprint density at radius 1 is 1.16 bits per heavy atom. The average molecular weight is 336 g/mol. The number of anilines is 1. The Labute approximate surface area is 148 Å². The second-order valence-electron chi connectivity index (χ2n) is 5.95. The molecule has 0 bridgehead atoms. The number of carbonyl (C=O) groups excluding carboxylic acids is 1. The van der Waals surface area contributed by atoms with Gasteiger partial charge in [-0.1, -0.05) is 18.2 Å². The lowest BCUT2D eigenvalue weighted by molar-refractivity contribution is 0.0767. The molecule has 0 aliphatic rings. The standard InChI is InChI=1S/C20H24N4O/c1-3-24(4-2)20(25)19-10-9-16(14-23-19)21-12-11-15-13-22-18-8-6-5-7-17(15)18/h5-10,13-14,21-22H,3-4,11-12H2,1-2H3. The summed E-state index contributed by atoms with van der Waals surface area (Å²) in [6.45, 7) is 6.15. The molecule has 0 aliphatic heterocycles. The number of nitrogens with one attached hydrogen (secondary N) is 2. The van der Waals surface area contributed by atoms with Gasteiger partial charge in [-0.3, -0.25) is 4.79 Å². The predicted molar refractivity (Wildman–Crippen MR) is 102 cm³/mol. The first-order chi connectivity index (χ1) is 12.2. The molecule has 3 aromatic rings. The van der Waals surface area contributed by atoms with Gasteiger partial charge in [0.15, 0.2) is 0 Å². The topological polar surface area (TPSA) is 61.0 Å². The maximum Gasteiger partial charge on any atom is 0.272 e. The van der Waals surface area contributed by atoms with Gasteiger partial charge < -0.3 is 15.2 Å². The summed E-state index contributed by atoms with van der Waals surface area (Å²) in [6.07, 6.45) is 4.71. The van der Waals surface area contributed by atoms with Crippen molar-refractivity contribution in [2.75, 3.05) is 25.0 Å². The van der Waals surface area contributed by atoms with Crippen LogP contribution in [0.15, 0.2) is 48.8 Å². The molecule has 0 saturated heterocycles. The summed E-state index contributed by atoms with van der Waals surface area (Å²) in [5, 5.41) is 4.64. The molecule has 0 aliphatic carbocycles. The van der Waals surface area contributed by atoms with Crippen LogP contribution in [0.5, 0.6) is 0 Å². The second kappa shape index (κ2) is 7.83. The molecule has 2 N–H and O–H groups in total. The molecule has 130 valence electrons. The molecule has 3 rings (SSSR count). The number of carbonyl (C=O) groups is 1. The molecule has 5 heteroatoms. The summed E-state index contributed by atoms with van der Waals surface area (Å²) >= 11 is 0. The zero-order chi connectivity index (χ0) is 17.6. The van der Waals surface area contributed by atoms with Gasteiger partial charge in [0.25, 0.3) is 5.91 Å². The van der Waals surface area contributed by atoms with Crippen LogP contribution < -0.4 is 5.32 Å². The van der Waals surface area contributed by atoms with Crippen molar-refractivity contribution in [3.8, 4) is 0 Å². The number of rotatable bonds is 7. The summed E-state index contributed by atoms with van der Waals surface area (Å²) in [4.78, 5) is 21.6. The van der Waals surface area contributed by atoms with Gasteiger partial charge in [0.05, 0.1) is 11.9 Å². The molecule has 0 fully saturated rings. The maximum absolute atomic E-state index is 12.3. The normalized spacial score (nSPS) is 10.8. The van der Waals surface area contributed by atoms with Gasteiger partial charge in [0.1, 0.15) is 5.69 Å². The number of nitrogens with zero attached hydrogens (tertiary/aromatic N) is 2. The van der Waals surface area contributed by atoms with E-state index in [1.165, 1.54) is 16.5 Å². The number of aromatic nitrogens is 2. The summed E-state index contributed by atoms with van der Waals surface area (Å²) in [5.41, 5.74) is 3.88. The Morgan fingerprint density at radius 2 is 1.96 bits per heavy atom. The molecule has 0 radical (unpaired) electrons. The molecular weight excluding hydrogens is 312 g/mol. The van der Waals surface area contributed by atoms with Crippen molar-refractivity contribution in [3.05, 3.63) is 60.0 Å². The van der Waals surface area contributed by atoms with Crippen LogP contribution in [0.1, 0.15) is 29.9 Å². The number of H-pyrrole nitrogens is 1. The lowest BCUT2D eigenvalue weighted by Crippen LogP contribution is -2.31. The van der Waals surface area contributed by atoms with Crippen molar-refractivity contribution in [1.29, 1.82) is 0 Å². The van der Waals surface area contributed by atoms with E-state index in [4.69, 9.17) is 0 Å². The fourth-order valence-electron chi connectivity index (χ4n) is 2.98. The molecule has 0 atom stereocenters. The Hall–Kier alpha value is -2.82. The van der Waals surface area contributed by atoms with E-state index in [-0.39, 0.29) is 5.91 Å². The van der Waals surface area contributed by atoms with Gasteiger partial charge in [0.2, 0.25) is 0 Å². The zero-order valence-electron chi connectivity index (χ0n) is 14.7. The lowest BCUT2D eigenvalue weighted by Gasteiger charge is -2.18. The molecule has 2 aromatic heterocycles. The molecule has 0 spiro atoms. The zero-order valence-corrected chi connectivity index (χ0v) is 14.7. The molecule has 0 unspecified atom stereocenters. The molecule has 5 nitrogen and oxygen atoms in total. The number of hydrogen-bond acceptors (Lipinski definition) is 3. The van der Waals surface area contributed by atoms with Crippen molar-refractivity contribution in [1.82, 2.24) is 14.9 Å². The number of amides is 1. The van der Waals surface area contributed by atoms with Crippen LogP contribution in [0, 0.1) is 0 Å². The van der Waals surface area contributed by atoms with Crippen LogP contribution in [0.3, 0.4) is 0 Å². The van der Waals surface area contributed by atoms with Crippen molar-refractivity contribution in [2.24, 2.45) is 0 Å². The first kappa shape index (κ1) is 17.0. The maximum atomic E-state index is 12.3. The Bertz CT molecular complexity index is 834. The largest absolute Gasteiger partial charge is 0.383 e. The Kier molecular flexibility index (Phi) is 5.33. The SMILES string of the molecule is CCN(CC)C(=O)c1ccc(NCCc2c[nH]c3ccccc23)cn1. The third-order valence-electron chi connectivity index (χ3n) is 4.43. The minimum atomic E-state index is -0.0182. The van der Waals surface area contributed by atoms with Crippen molar-refractivity contribution in [2.45, 2.75) is 20.3 Å². The van der Waals surface area contributed by atoms with Gasteiger partial charge >= 0.3 is 0 Å². The van der Waals surface area contributed by atoms with E-state index >= 15 is 0 Å². The van der Waals surface area contributed by atoms with E-state index in [0.717, 1.165) is 18.7 Å². The predicted octanol–water partition coefficient (Wildman–Crippen LogP) is 3.70. The smallest absolute Gasteiger partial charge is 0.272 e. The number of pyridine rings is 1. The van der Waals surface area contributed by atoms with E-state index < -0.39 is 0 Å². The quantitative estimate of drug-likeness (QED) is 0.691. The second-order valence-corrected chi connectivity index (χ2v) is 5.95. The van der Waals surface area contributed by atoms with Crippen LogP contribution in [0.4, 0.5) is 5.69 Å². The highest BCUT2D eigenvalue weighted by molar-refractivity contribution is 5.92.